The molecule has 2 aromatic heterocycles. The second kappa shape index (κ2) is 8.45. The summed E-state index contributed by atoms with van der Waals surface area (Å²) in [5.41, 5.74) is 2.88. The van der Waals surface area contributed by atoms with Crippen LogP contribution in [-0.2, 0) is 6.54 Å². The van der Waals surface area contributed by atoms with E-state index in [0.29, 0.717) is 17.4 Å². The molecule has 0 atom stereocenters. The Hall–Kier alpha value is -2.40. The number of hydrogen-bond donors (Lipinski definition) is 0. The maximum absolute atomic E-state index is 6.08. The molecule has 6 heteroatoms. The lowest BCUT2D eigenvalue weighted by molar-refractivity contribution is 0.399. The average Bonchev–Trinajstić information content (AvgIpc) is 3.01. The molecule has 2 heterocycles. The monoisotopic (exact) mass is 344 g/mol. The van der Waals surface area contributed by atoms with Crippen molar-refractivity contribution in [2.45, 2.75) is 27.3 Å². The summed E-state index contributed by atoms with van der Waals surface area (Å²) in [7, 11) is 1.61. The van der Waals surface area contributed by atoms with E-state index in [2.05, 4.69) is 15.1 Å². The molecular weight excluding hydrogens is 324 g/mol. The predicted octanol–water partition coefficient (Wildman–Crippen LogP) is 4.39. The van der Waals surface area contributed by atoms with Gasteiger partial charge in [0.1, 0.15) is 12.2 Å². The predicted molar refractivity (Wildman–Crippen MR) is 96.4 cm³/mol. The minimum atomic E-state index is 0.570. The van der Waals surface area contributed by atoms with E-state index in [1.807, 2.05) is 51.1 Å². The number of pyridine rings is 1. The number of aryl methyl sites for hydroxylation is 1. The molecule has 24 heavy (non-hydrogen) atoms. The standard InChI is InChI=1S/C16H15ClN4O.C2H6/c1-11-19-10-21(20-11)9-12-6-15(16(22-2)18-8-12)13-4-3-5-14(17)7-13;1-2/h3-8,10H,9H2,1-2H3;1-2H3. The van der Waals surface area contributed by atoms with E-state index >= 15 is 0 Å². The van der Waals surface area contributed by atoms with Crippen LogP contribution >= 0.6 is 11.6 Å². The lowest BCUT2D eigenvalue weighted by atomic mass is 10.1. The highest BCUT2D eigenvalue weighted by atomic mass is 35.5. The topological polar surface area (TPSA) is 52.8 Å². The van der Waals surface area contributed by atoms with Gasteiger partial charge in [-0.15, -0.1) is 0 Å². The molecule has 126 valence electrons. The molecule has 0 radical (unpaired) electrons. The largest absolute Gasteiger partial charge is 0.481 e. The van der Waals surface area contributed by atoms with E-state index < -0.39 is 0 Å². The van der Waals surface area contributed by atoms with Crippen LogP contribution in [0.3, 0.4) is 0 Å². The number of nitrogens with zero attached hydrogens (tertiary/aromatic N) is 4. The molecular formula is C18H21ClN4O. The van der Waals surface area contributed by atoms with Gasteiger partial charge >= 0.3 is 0 Å². The van der Waals surface area contributed by atoms with E-state index in [4.69, 9.17) is 16.3 Å². The molecule has 0 saturated heterocycles. The summed E-state index contributed by atoms with van der Waals surface area (Å²) in [6.07, 6.45) is 3.49. The zero-order valence-corrected chi connectivity index (χ0v) is 15.1. The Morgan fingerprint density at radius 2 is 1.96 bits per heavy atom. The van der Waals surface area contributed by atoms with Crippen molar-refractivity contribution in [3.05, 3.63) is 59.3 Å². The summed E-state index contributed by atoms with van der Waals surface area (Å²) in [6, 6.07) is 9.66. The molecule has 0 aliphatic carbocycles. The lowest BCUT2D eigenvalue weighted by Gasteiger charge is -2.10. The fraction of sp³-hybridized carbons (Fsp3) is 0.278. The Labute approximate surface area is 147 Å². The molecule has 0 saturated carbocycles. The van der Waals surface area contributed by atoms with Crippen LogP contribution in [0.2, 0.25) is 5.02 Å². The zero-order chi connectivity index (χ0) is 17.5. The Balaban J connectivity index is 0.00000100. The smallest absolute Gasteiger partial charge is 0.221 e. The summed E-state index contributed by atoms with van der Waals surface area (Å²) < 4.78 is 7.14. The molecule has 0 amide bonds. The van der Waals surface area contributed by atoms with Crippen molar-refractivity contribution in [3.63, 3.8) is 0 Å². The summed E-state index contributed by atoms with van der Waals surface area (Å²) >= 11 is 6.08. The normalized spacial score (nSPS) is 10.0. The number of aromatic nitrogens is 4. The van der Waals surface area contributed by atoms with Crippen molar-refractivity contribution in [3.8, 4) is 17.0 Å². The van der Waals surface area contributed by atoms with Gasteiger partial charge in [0.15, 0.2) is 0 Å². The first kappa shape index (κ1) is 17.9. The van der Waals surface area contributed by atoms with E-state index in [-0.39, 0.29) is 0 Å². The third kappa shape index (κ3) is 4.32. The minimum Gasteiger partial charge on any atom is -0.481 e. The van der Waals surface area contributed by atoms with Crippen LogP contribution in [0.5, 0.6) is 5.88 Å². The van der Waals surface area contributed by atoms with Gasteiger partial charge in [-0.05, 0) is 36.2 Å². The molecule has 0 aliphatic heterocycles. The van der Waals surface area contributed by atoms with E-state index in [1.54, 1.807) is 24.3 Å². The molecule has 0 N–H and O–H groups in total. The molecule has 3 rings (SSSR count). The minimum absolute atomic E-state index is 0.570. The second-order valence-corrected chi connectivity index (χ2v) is 5.34. The molecule has 1 aromatic carbocycles. The van der Waals surface area contributed by atoms with Gasteiger partial charge in [0, 0.05) is 16.8 Å². The van der Waals surface area contributed by atoms with Gasteiger partial charge in [-0.25, -0.2) is 14.6 Å². The molecule has 0 unspecified atom stereocenters. The van der Waals surface area contributed by atoms with Crippen LogP contribution < -0.4 is 4.74 Å². The van der Waals surface area contributed by atoms with Gasteiger partial charge in [0.25, 0.3) is 0 Å². The van der Waals surface area contributed by atoms with Gasteiger partial charge in [-0.3, -0.25) is 0 Å². The average molecular weight is 345 g/mol. The highest BCUT2D eigenvalue weighted by Gasteiger charge is 2.10. The zero-order valence-electron chi connectivity index (χ0n) is 14.3. The molecule has 0 aliphatic rings. The third-order valence-corrected chi connectivity index (χ3v) is 3.47. The number of halogens is 1. The van der Waals surface area contributed by atoms with Crippen molar-refractivity contribution in [2.24, 2.45) is 0 Å². The highest BCUT2D eigenvalue weighted by molar-refractivity contribution is 6.30. The number of ether oxygens (including phenoxy) is 1. The van der Waals surface area contributed by atoms with E-state index in [9.17, 15) is 0 Å². The summed E-state index contributed by atoms with van der Waals surface area (Å²) in [4.78, 5) is 8.51. The van der Waals surface area contributed by atoms with Crippen molar-refractivity contribution in [1.29, 1.82) is 0 Å². The van der Waals surface area contributed by atoms with Crippen molar-refractivity contribution in [1.82, 2.24) is 19.7 Å². The van der Waals surface area contributed by atoms with Crippen molar-refractivity contribution < 1.29 is 4.74 Å². The van der Waals surface area contributed by atoms with Gasteiger partial charge < -0.3 is 4.74 Å². The van der Waals surface area contributed by atoms with Gasteiger partial charge in [0.05, 0.1) is 13.7 Å². The molecule has 5 nitrogen and oxygen atoms in total. The SMILES string of the molecule is CC.COc1ncc(Cn2cnc(C)n2)cc1-c1cccc(Cl)c1. The Kier molecular flexibility index (Phi) is 6.32. The first-order valence-corrected chi connectivity index (χ1v) is 8.18. The second-order valence-electron chi connectivity index (χ2n) is 4.90. The Morgan fingerprint density at radius 3 is 2.58 bits per heavy atom. The maximum Gasteiger partial charge on any atom is 0.221 e. The van der Waals surface area contributed by atoms with Gasteiger partial charge in [-0.2, -0.15) is 5.10 Å². The number of hydrogen-bond acceptors (Lipinski definition) is 4. The van der Waals surface area contributed by atoms with Crippen LogP contribution in [0.4, 0.5) is 0 Å². The number of benzene rings is 1. The maximum atomic E-state index is 6.08. The third-order valence-electron chi connectivity index (χ3n) is 3.23. The summed E-state index contributed by atoms with van der Waals surface area (Å²) in [6.45, 7) is 6.46. The summed E-state index contributed by atoms with van der Waals surface area (Å²) in [5.74, 6) is 1.32. The quantitative estimate of drug-likeness (QED) is 0.704. The molecule has 0 bridgehead atoms. The Morgan fingerprint density at radius 1 is 1.17 bits per heavy atom. The fourth-order valence-corrected chi connectivity index (χ4v) is 2.45. The first-order valence-electron chi connectivity index (χ1n) is 7.80. The van der Waals surface area contributed by atoms with E-state index in [0.717, 1.165) is 22.5 Å². The van der Waals surface area contributed by atoms with Crippen molar-refractivity contribution in [2.75, 3.05) is 7.11 Å². The van der Waals surface area contributed by atoms with Crippen molar-refractivity contribution >= 4 is 11.6 Å². The van der Waals surface area contributed by atoms with Crippen LogP contribution in [0.25, 0.3) is 11.1 Å². The molecule has 0 spiro atoms. The fourth-order valence-electron chi connectivity index (χ4n) is 2.26. The first-order chi connectivity index (χ1) is 11.7. The van der Waals surface area contributed by atoms with E-state index in [1.165, 1.54) is 0 Å². The highest BCUT2D eigenvalue weighted by Crippen LogP contribution is 2.30. The van der Waals surface area contributed by atoms with Crippen LogP contribution in [0.15, 0.2) is 42.9 Å². The van der Waals surface area contributed by atoms with Gasteiger partial charge in [0.2, 0.25) is 5.88 Å². The Bertz CT molecular complexity index is 801. The van der Waals surface area contributed by atoms with Crippen LogP contribution in [-0.4, -0.2) is 26.9 Å². The van der Waals surface area contributed by atoms with Crippen LogP contribution in [0, 0.1) is 6.92 Å². The molecule has 0 fully saturated rings. The van der Waals surface area contributed by atoms with Gasteiger partial charge in [-0.1, -0.05) is 37.6 Å². The van der Waals surface area contributed by atoms with Crippen LogP contribution in [0.1, 0.15) is 25.2 Å². The lowest BCUT2D eigenvalue weighted by Crippen LogP contribution is -2.02. The summed E-state index contributed by atoms with van der Waals surface area (Å²) in [5, 5.41) is 4.97. The number of methoxy groups -OCH3 is 1. The number of rotatable bonds is 4. The molecule has 3 aromatic rings.